The summed E-state index contributed by atoms with van der Waals surface area (Å²) in [7, 11) is 0. The number of benzene rings is 3. The molecule has 30 heavy (non-hydrogen) atoms. The number of rotatable bonds is 6. The SMILES string of the molecule is CCc1ccc(-n2c(C)cc(C=Nc3ccc(Nc4ccccc4)cc3)c2C)cc1. The van der Waals surface area contributed by atoms with Crippen molar-refractivity contribution in [2.45, 2.75) is 27.2 Å². The number of hydrogen-bond donors (Lipinski definition) is 1. The van der Waals surface area contributed by atoms with Gasteiger partial charge in [-0.25, -0.2) is 0 Å². The van der Waals surface area contributed by atoms with E-state index in [-0.39, 0.29) is 0 Å². The standard InChI is InChI=1S/C27H27N3/c1-4-22-10-16-27(17-11-22)30-20(2)18-23(21(30)3)19-28-24-12-14-26(15-13-24)29-25-8-6-5-7-9-25/h5-19,29H,4H2,1-3H3. The van der Waals surface area contributed by atoms with Crippen LogP contribution in [0.25, 0.3) is 5.69 Å². The molecule has 3 aromatic carbocycles. The van der Waals surface area contributed by atoms with Gasteiger partial charge in [0.05, 0.1) is 5.69 Å². The van der Waals surface area contributed by atoms with Crippen molar-refractivity contribution in [2.75, 3.05) is 5.32 Å². The fourth-order valence-electron chi connectivity index (χ4n) is 3.66. The van der Waals surface area contributed by atoms with Gasteiger partial charge in [-0.2, -0.15) is 0 Å². The van der Waals surface area contributed by atoms with Gasteiger partial charge in [0, 0.05) is 40.2 Å². The van der Waals surface area contributed by atoms with Crippen LogP contribution in [0.1, 0.15) is 29.4 Å². The minimum Gasteiger partial charge on any atom is -0.356 e. The minimum absolute atomic E-state index is 0.936. The summed E-state index contributed by atoms with van der Waals surface area (Å²) in [6.07, 6.45) is 3.01. The summed E-state index contributed by atoms with van der Waals surface area (Å²) in [6, 6.07) is 29.3. The summed E-state index contributed by atoms with van der Waals surface area (Å²) >= 11 is 0. The molecule has 0 atom stereocenters. The quantitative estimate of drug-likeness (QED) is 0.346. The van der Waals surface area contributed by atoms with E-state index in [1.54, 1.807) is 0 Å². The maximum Gasteiger partial charge on any atom is 0.0631 e. The van der Waals surface area contributed by atoms with Gasteiger partial charge in [0.25, 0.3) is 0 Å². The number of hydrogen-bond acceptors (Lipinski definition) is 2. The molecule has 0 amide bonds. The monoisotopic (exact) mass is 393 g/mol. The molecule has 4 aromatic rings. The molecular weight excluding hydrogens is 366 g/mol. The largest absolute Gasteiger partial charge is 0.356 e. The molecular formula is C27H27N3. The van der Waals surface area contributed by atoms with Crippen LogP contribution >= 0.6 is 0 Å². The molecule has 0 aliphatic carbocycles. The van der Waals surface area contributed by atoms with E-state index in [9.17, 15) is 0 Å². The Morgan fingerprint density at radius 1 is 0.833 bits per heavy atom. The molecule has 0 saturated carbocycles. The van der Waals surface area contributed by atoms with Crippen LogP contribution in [0.2, 0.25) is 0 Å². The number of anilines is 2. The van der Waals surface area contributed by atoms with Gasteiger partial charge in [-0.1, -0.05) is 37.3 Å². The molecule has 1 heterocycles. The van der Waals surface area contributed by atoms with Gasteiger partial charge in [-0.05, 0) is 80.4 Å². The molecule has 0 spiro atoms. The fraction of sp³-hybridized carbons (Fsp3) is 0.148. The van der Waals surface area contributed by atoms with Crippen molar-refractivity contribution in [3.63, 3.8) is 0 Å². The molecule has 0 unspecified atom stereocenters. The van der Waals surface area contributed by atoms with Gasteiger partial charge in [0.1, 0.15) is 0 Å². The highest BCUT2D eigenvalue weighted by atomic mass is 15.0. The average Bonchev–Trinajstić information content (AvgIpc) is 3.07. The lowest BCUT2D eigenvalue weighted by atomic mass is 10.1. The molecule has 3 nitrogen and oxygen atoms in total. The van der Waals surface area contributed by atoms with E-state index >= 15 is 0 Å². The zero-order valence-corrected chi connectivity index (χ0v) is 17.8. The Hall–Kier alpha value is -3.59. The van der Waals surface area contributed by atoms with Crippen LogP contribution in [0.15, 0.2) is 89.9 Å². The highest BCUT2D eigenvalue weighted by Gasteiger charge is 2.09. The van der Waals surface area contributed by atoms with E-state index in [2.05, 4.69) is 85.3 Å². The molecule has 0 bridgehead atoms. The molecule has 3 heteroatoms. The van der Waals surface area contributed by atoms with Gasteiger partial charge in [-0.3, -0.25) is 4.99 Å². The Kier molecular flexibility index (Phi) is 5.80. The molecule has 0 aliphatic rings. The first-order valence-corrected chi connectivity index (χ1v) is 10.4. The van der Waals surface area contributed by atoms with Gasteiger partial charge in [-0.15, -0.1) is 0 Å². The van der Waals surface area contributed by atoms with E-state index in [1.165, 1.54) is 22.6 Å². The smallest absolute Gasteiger partial charge is 0.0631 e. The maximum atomic E-state index is 4.69. The molecule has 0 radical (unpaired) electrons. The third kappa shape index (κ3) is 4.36. The van der Waals surface area contributed by atoms with Crippen LogP contribution in [-0.2, 0) is 6.42 Å². The van der Waals surface area contributed by atoms with E-state index in [0.717, 1.165) is 29.0 Å². The topological polar surface area (TPSA) is 29.3 Å². The van der Waals surface area contributed by atoms with E-state index in [1.807, 2.05) is 36.5 Å². The average molecular weight is 394 g/mol. The summed E-state index contributed by atoms with van der Waals surface area (Å²) < 4.78 is 2.29. The first-order chi connectivity index (χ1) is 14.6. The normalized spacial score (nSPS) is 11.2. The minimum atomic E-state index is 0.936. The van der Waals surface area contributed by atoms with Crippen LogP contribution in [0.3, 0.4) is 0 Å². The maximum absolute atomic E-state index is 4.69. The summed E-state index contributed by atoms with van der Waals surface area (Å²) in [5.74, 6) is 0. The van der Waals surface area contributed by atoms with Crippen LogP contribution in [0.4, 0.5) is 17.1 Å². The molecule has 1 N–H and O–H groups in total. The number of aryl methyl sites for hydroxylation is 2. The van der Waals surface area contributed by atoms with Crippen molar-refractivity contribution < 1.29 is 0 Å². The van der Waals surface area contributed by atoms with E-state index in [4.69, 9.17) is 4.99 Å². The molecule has 0 aliphatic heterocycles. The van der Waals surface area contributed by atoms with Crippen molar-refractivity contribution in [3.05, 3.63) is 107 Å². The molecule has 0 fully saturated rings. The number of nitrogens with zero attached hydrogens (tertiary/aromatic N) is 2. The third-order valence-electron chi connectivity index (χ3n) is 5.36. The van der Waals surface area contributed by atoms with E-state index in [0.29, 0.717) is 0 Å². The van der Waals surface area contributed by atoms with Gasteiger partial charge in [0.15, 0.2) is 0 Å². The van der Waals surface area contributed by atoms with E-state index < -0.39 is 0 Å². The molecule has 4 rings (SSSR count). The number of nitrogens with one attached hydrogen (secondary N) is 1. The van der Waals surface area contributed by atoms with Crippen LogP contribution in [-0.4, -0.2) is 10.8 Å². The van der Waals surface area contributed by atoms with Crippen molar-refractivity contribution in [1.82, 2.24) is 4.57 Å². The zero-order valence-electron chi connectivity index (χ0n) is 17.8. The first kappa shape index (κ1) is 19.7. The first-order valence-electron chi connectivity index (χ1n) is 10.4. The van der Waals surface area contributed by atoms with Crippen molar-refractivity contribution in [3.8, 4) is 5.69 Å². The fourth-order valence-corrected chi connectivity index (χ4v) is 3.66. The Bertz CT molecular complexity index is 1140. The highest BCUT2D eigenvalue weighted by Crippen LogP contribution is 2.23. The van der Waals surface area contributed by atoms with Crippen molar-refractivity contribution >= 4 is 23.3 Å². The van der Waals surface area contributed by atoms with Gasteiger partial charge >= 0.3 is 0 Å². The molecule has 1 aromatic heterocycles. The Morgan fingerprint density at radius 2 is 1.50 bits per heavy atom. The lowest BCUT2D eigenvalue weighted by Gasteiger charge is -2.10. The second-order valence-corrected chi connectivity index (χ2v) is 7.48. The second kappa shape index (κ2) is 8.83. The predicted molar refractivity (Wildman–Crippen MR) is 128 cm³/mol. The summed E-state index contributed by atoms with van der Waals surface area (Å²) in [4.78, 5) is 4.69. The van der Waals surface area contributed by atoms with Crippen LogP contribution in [0.5, 0.6) is 0 Å². The lowest BCUT2D eigenvalue weighted by molar-refractivity contribution is 0.962. The Balaban J connectivity index is 1.51. The van der Waals surface area contributed by atoms with Crippen LogP contribution in [0, 0.1) is 13.8 Å². The second-order valence-electron chi connectivity index (χ2n) is 7.48. The molecule has 0 saturated heterocycles. The predicted octanol–water partition coefficient (Wildman–Crippen LogP) is 7.15. The van der Waals surface area contributed by atoms with Crippen molar-refractivity contribution in [2.24, 2.45) is 4.99 Å². The number of aliphatic imine (C=N–C) groups is 1. The third-order valence-corrected chi connectivity index (χ3v) is 5.36. The summed E-state index contributed by atoms with van der Waals surface area (Å²) in [5, 5.41) is 3.40. The Morgan fingerprint density at radius 3 is 2.17 bits per heavy atom. The number of para-hydroxylation sites is 1. The van der Waals surface area contributed by atoms with Gasteiger partial charge < -0.3 is 9.88 Å². The van der Waals surface area contributed by atoms with Crippen LogP contribution < -0.4 is 5.32 Å². The summed E-state index contributed by atoms with van der Waals surface area (Å²) in [5.41, 5.74) is 9.15. The number of aromatic nitrogens is 1. The zero-order chi connectivity index (χ0) is 20.9. The molecule has 150 valence electrons. The van der Waals surface area contributed by atoms with Crippen molar-refractivity contribution in [1.29, 1.82) is 0 Å². The lowest BCUT2D eigenvalue weighted by Crippen LogP contribution is -1.99. The Labute approximate surface area is 178 Å². The highest BCUT2D eigenvalue weighted by molar-refractivity contribution is 5.84. The van der Waals surface area contributed by atoms with Gasteiger partial charge in [0.2, 0.25) is 0 Å². The summed E-state index contributed by atoms with van der Waals surface area (Å²) in [6.45, 7) is 6.47.